The number of hydrogen-bond donors (Lipinski definition) is 1. The molecule has 0 fully saturated rings. The zero-order valence-corrected chi connectivity index (χ0v) is 10.3. The van der Waals surface area contributed by atoms with Crippen molar-refractivity contribution in [1.82, 2.24) is 5.32 Å². The molecule has 0 aliphatic carbocycles. The lowest BCUT2D eigenvalue weighted by Gasteiger charge is -2.06. The second kappa shape index (κ2) is 5.31. The Balaban J connectivity index is 2.26. The molecule has 2 nitrogen and oxygen atoms in total. The average Bonchev–Trinajstić information content (AvgIpc) is 2.80. The lowest BCUT2D eigenvalue weighted by atomic mass is 10.1. The molecule has 0 aliphatic rings. The molecule has 96 valence electrons. The van der Waals surface area contributed by atoms with Gasteiger partial charge in [0.05, 0.1) is 5.56 Å². The third-order valence-electron chi connectivity index (χ3n) is 2.86. The Labute approximate surface area is 105 Å². The molecule has 0 saturated carbocycles. The summed E-state index contributed by atoms with van der Waals surface area (Å²) in [6.45, 7) is 2.02. The summed E-state index contributed by atoms with van der Waals surface area (Å²) in [5, 5.41) is 3.09. The van der Waals surface area contributed by atoms with Crippen LogP contribution in [0.15, 0.2) is 34.7 Å². The van der Waals surface area contributed by atoms with E-state index in [1.165, 1.54) is 0 Å². The van der Waals surface area contributed by atoms with E-state index in [-0.39, 0.29) is 11.6 Å². The molecule has 0 radical (unpaired) electrons. The fourth-order valence-corrected chi connectivity index (χ4v) is 1.72. The molecule has 1 aromatic heterocycles. The van der Waals surface area contributed by atoms with Crippen molar-refractivity contribution in [1.29, 1.82) is 0 Å². The number of halogens is 2. The van der Waals surface area contributed by atoms with Gasteiger partial charge in [0.15, 0.2) is 0 Å². The van der Waals surface area contributed by atoms with E-state index in [1.807, 2.05) is 14.0 Å². The predicted octanol–water partition coefficient (Wildman–Crippen LogP) is 3.38. The van der Waals surface area contributed by atoms with Crippen molar-refractivity contribution in [3.8, 4) is 11.3 Å². The maximum Gasteiger partial charge on any atom is 0.137 e. The van der Waals surface area contributed by atoms with Gasteiger partial charge < -0.3 is 9.73 Å². The fourth-order valence-electron chi connectivity index (χ4n) is 1.72. The Bertz CT molecular complexity index is 536. The minimum atomic E-state index is -0.487. The van der Waals surface area contributed by atoms with E-state index < -0.39 is 11.6 Å². The summed E-state index contributed by atoms with van der Waals surface area (Å²) in [6.07, 6.45) is 0.702. The van der Waals surface area contributed by atoms with Crippen molar-refractivity contribution in [2.24, 2.45) is 0 Å². The largest absolute Gasteiger partial charge is 0.461 e. The highest BCUT2D eigenvalue weighted by atomic mass is 19.1. The quantitative estimate of drug-likeness (QED) is 0.901. The molecule has 1 aromatic carbocycles. The van der Waals surface area contributed by atoms with Crippen LogP contribution in [0.25, 0.3) is 11.3 Å². The molecule has 0 spiro atoms. The number of furan rings is 1. The molecule has 1 atom stereocenters. The van der Waals surface area contributed by atoms with Gasteiger partial charge in [-0.15, -0.1) is 0 Å². The maximum absolute atomic E-state index is 13.6. The van der Waals surface area contributed by atoms with Crippen molar-refractivity contribution >= 4 is 0 Å². The first-order valence-corrected chi connectivity index (χ1v) is 5.81. The number of benzene rings is 1. The first-order valence-electron chi connectivity index (χ1n) is 5.81. The summed E-state index contributed by atoms with van der Waals surface area (Å²) in [7, 11) is 1.86. The number of likely N-dealkylation sites (N-methyl/N-ethyl adjacent to an activating group) is 1. The van der Waals surface area contributed by atoms with Gasteiger partial charge in [-0.3, -0.25) is 0 Å². The highest BCUT2D eigenvalue weighted by Crippen LogP contribution is 2.26. The van der Waals surface area contributed by atoms with Crippen molar-refractivity contribution in [3.63, 3.8) is 0 Å². The van der Waals surface area contributed by atoms with Crippen molar-refractivity contribution in [3.05, 3.63) is 47.7 Å². The van der Waals surface area contributed by atoms with Gasteiger partial charge in [0, 0.05) is 12.5 Å². The predicted molar refractivity (Wildman–Crippen MR) is 66.3 cm³/mol. The van der Waals surface area contributed by atoms with Gasteiger partial charge in [-0.05, 0) is 44.3 Å². The van der Waals surface area contributed by atoms with Gasteiger partial charge in [0.2, 0.25) is 0 Å². The Morgan fingerprint density at radius 3 is 2.72 bits per heavy atom. The van der Waals surface area contributed by atoms with Crippen molar-refractivity contribution in [2.75, 3.05) is 7.05 Å². The molecular formula is C14H15F2NO. The van der Waals surface area contributed by atoms with Crippen LogP contribution in [0.4, 0.5) is 8.78 Å². The van der Waals surface area contributed by atoms with Crippen LogP contribution in [0, 0.1) is 11.6 Å². The van der Waals surface area contributed by atoms with Crippen LogP contribution in [-0.2, 0) is 6.42 Å². The Hall–Kier alpha value is -1.68. The molecule has 0 saturated heterocycles. The Kier molecular flexibility index (Phi) is 3.77. The van der Waals surface area contributed by atoms with Gasteiger partial charge in [-0.2, -0.15) is 0 Å². The number of rotatable bonds is 4. The summed E-state index contributed by atoms with van der Waals surface area (Å²) in [5.74, 6) is 0.132. The molecule has 0 aliphatic heterocycles. The zero-order valence-electron chi connectivity index (χ0n) is 10.3. The van der Waals surface area contributed by atoms with E-state index in [0.717, 1.165) is 24.0 Å². The summed E-state index contributed by atoms with van der Waals surface area (Å²) in [6, 6.07) is 7.04. The molecule has 1 unspecified atom stereocenters. The van der Waals surface area contributed by atoms with Gasteiger partial charge in [-0.25, -0.2) is 8.78 Å². The first kappa shape index (κ1) is 12.8. The van der Waals surface area contributed by atoms with Gasteiger partial charge in [0.1, 0.15) is 23.2 Å². The molecule has 0 bridgehead atoms. The SMILES string of the molecule is CNC(C)Cc1ccc(-c2cc(F)ccc2F)o1. The molecule has 0 amide bonds. The summed E-state index contributed by atoms with van der Waals surface area (Å²) < 4.78 is 32.2. The molecule has 2 rings (SSSR count). The first-order chi connectivity index (χ1) is 8.60. The van der Waals surface area contributed by atoms with E-state index >= 15 is 0 Å². The molecular weight excluding hydrogens is 236 g/mol. The minimum absolute atomic E-state index is 0.151. The fraction of sp³-hybridized carbons (Fsp3) is 0.286. The maximum atomic E-state index is 13.6. The molecule has 4 heteroatoms. The highest BCUT2D eigenvalue weighted by Gasteiger charge is 2.12. The average molecular weight is 251 g/mol. The number of hydrogen-bond acceptors (Lipinski definition) is 2. The van der Waals surface area contributed by atoms with Crippen LogP contribution >= 0.6 is 0 Å². The van der Waals surface area contributed by atoms with E-state index in [4.69, 9.17) is 4.42 Å². The molecule has 1 heterocycles. The van der Waals surface area contributed by atoms with E-state index in [2.05, 4.69) is 5.32 Å². The van der Waals surface area contributed by atoms with Gasteiger partial charge in [0.25, 0.3) is 0 Å². The van der Waals surface area contributed by atoms with E-state index in [9.17, 15) is 8.78 Å². The standard InChI is InChI=1S/C14H15F2NO/c1-9(17-2)7-11-4-6-14(18-11)12-8-10(15)3-5-13(12)16/h3-6,8-9,17H,7H2,1-2H3. The zero-order chi connectivity index (χ0) is 13.1. The van der Waals surface area contributed by atoms with Crippen molar-refractivity contribution < 1.29 is 13.2 Å². The summed E-state index contributed by atoms with van der Waals surface area (Å²) >= 11 is 0. The molecule has 2 aromatic rings. The summed E-state index contributed by atoms with van der Waals surface area (Å²) in [4.78, 5) is 0. The van der Waals surface area contributed by atoms with E-state index in [1.54, 1.807) is 12.1 Å². The molecule has 18 heavy (non-hydrogen) atoms. The monoisotopic (exact) mass is 251 g/mol. The van der Waals surface area contributed by atoms with Crippen LogP contribution in [0.5, 0.6) is 0 Å². The van der Waals surface area contributed by atoms with E-state index in [0.29, 0.717) is 12.2 Å². The number of nitrogens with one attached hydrogen (secondary N) is 1. The second-order valence-electron chi connectivity index (χ2n) is 4.28. The van der Waals surface area contributed by atoms with Gasteiger partial charge >= 0.3 is 0 Å². The third kappa shape index (κ3) is 2.76. The van der Waals surface area contributed by atoms with Crippen LogP contribution in [0.2, 0.25) is 0 Å². The minimum Gasteiger partial charge on any atom is -0.461 e. The second-order valence-corrected chi connectivity index (χ2v) is 4.28. The van der Waals surface area contributed by atoms with Crippen molar-refractivity contribution in [2.45, 2.75) is 19.4 Å². The smallest absolute Gasteiger partial charge is 0.137 e. The molecule has 1 N–H and O–H groups in total. The highest BCUT2D eigenvalue weighted by molar-refractivity contribution is 5.58. The topological polar surface area (TPSA) is 25.2 Å². The lowest BCUT2D eigenvalue weighted by Crippen LogP contribution is -2.23. The Morgan fingerprint density at radius 1 is 1.22 bits per heavy atom. The third-order valence-corrected chi connectivity index (χ3v) is 2.86. The van der Waals surface area contributed by atoms with Crippen LogP contribution in [0.1, 0.15) is 12.7 Å². The van der Waals surface area contributed by atoms with Crippen LogP contribution in [-0.4, -0.2) is 13.1 Å². The van der Waals surface area contributed by atoms with Crippen LogP contribution in [0.3, 0.4) is 0 Å². The Morgan fingerprint density at radius 2 is 2.00 bits per heavy atom. The van der Waals surface area contributed by atoms with Gasteiger partial charge in [-0.1, -0.05) is 0 Å². The normalized spacial score (nSPS) is 12.7. The lowest BCUT2D eigenvalue weighted by molar-refractivity contribution is 0.478. The summed E-state index contributed by atoms with van der Waals surface area (Å²) in [5.41, 5.74) is 0.151. The van der Waals surface area contributed by atoms with Crippen LogP contribution < -0.4 is 5.32 Å².